The molecule has 270 valence electrons. The van der Waals surface area contributed by atoms with E-state index in [1.807, 2.05) is 86.7 Å². The van der Waals surface area contributed by atoms with Crippen LogP contribution in [0.4, 0.5) is 17.1 Å². The molecule has 3 aromatic carbocycles. The molecule has 3 aliphatic heterocycles. The first-order chi connectivity index (χ1) is 24.4. The monoisotopic (exact) mass is 713 g/mol. The zero-order chi connectivity index (χ0) is 36.5. The largest absolute Gasteiger partial charge is 0.469 e. The molecule has 1 saturated heterocycles. The van der Waals surface area contributed by atoms with Gasteiger partial charge in [0, 0.05) is 47.9 Å². The van der Waals surface area contributed by atoms with E-state index in [-0.39, 0.29) is 37.2 Å². The average molecular weight is 714 g/mol. The number of aliphatic hydroxyl groups is 1. The summed E-state index contributed by atoms with van der Waals surface area (Å²) in [6.07, 6.45) is 1.67. The van der Waals surface area contributed by atoms with Gasteiger partial charge in [0.05, 0.1) is 38.0 Å². The highest BCUT2D eigenvalue weighted by Crippen LogP contribution is 2.60. The summed E-state index contributed by atoms with van der Waals surface area (Å²) in [5.41, 5.74) is 2.49. The number of amides is 3. The number of anilines is 3. The van der Waals surface area contributed by atoms with Crippen LogP contribution in [0.5, 0.6) is 0 Å². The minimum atomic E-state index is -3.09. The zero-order valence-electron chi connectivity index (χ0n) is 29.7. The Kier molecular flexibility index (Phi) is 10.5. The number of fused-ring (bicyclic) bond motifs is 3. The molecule has 6 rings (SSSR count). The van der Waals surface area contributed by atoms with E-state index < -0.39 is 37.5 Å². The second-order valence-corrected chi connectivity index (χ2v) is 18.4. The van der Waals surface area contributed by atoms with E-state index in [0.717, 1.165) is 17.5 Å². The number of rotatable bonds is 12. The van der Waals surface area contributed by atoms with Gasteiger partial charge in [-0.15, -0.1) is 0 Å². The number of unbranched alkanes of at least 4 members (excludes halogenated alkanes) is 1. The van der Waals surface area contributed by atoms with E-state index in [4.69, 9.17) is 9.47 Å². The van der Waals surface area contributed by atoms with Crippen LogP contribution < -0.4 is 9.80 Å². The second kappa shape index (κ2) is 14.7. The van der Waals surface area contributed by atoms with E-state index >= 15 is 0 Å². The van der Waals surface area contributed by atoms with Gasteiger partial charge in [-0.05, 0) is 73.8 Å². The van der Waals surface area contributed by atoms with Gasteiger partial charge in [-0.1, -0.05) is 49.4 Å². The molecule has 3 aliphatic rings. The summed E-state index contributed by atoms with van der Waals surface area (Å²) in [4.78, 5) is 70.1. The van der Waals surface area contributed by atoms with Gasteiger partial charge in [0.1, 0.15) is 0 Å². The molecule has 0 aromatic heterocycles. The number of aliphatic hydroxyl groups excluding tert-OH is 1. The molecular weight excluding hydrogens is 667 g/mol. The number of nitrogens with zero attached hydrogens (tertiary/aromatic N) is 3. The Hall–Kier alpha value is -4.36. The molecule has 0 unspecified atom stereocenters. The van der Waals surface area contributed by atoms with Crippen molar-refractivity contribution < 1.29 is 38.6 Å². The third kappa shape index (κ3) is 6.73. The Balaban J connectivity index is 1.38. The quantitative estimate of drug-likeness (QED) is 0.118. The van der Waals surface area contributed by atoms with E-state index in [1.54, 1.807) is 15.9 Å². The molecule has 5 atom stereocenters. The first-order valence-corrected chi connectivity index (χ1v) is 20.7. The van der Waals surface area contributed by atoms with Crippen molar-refractivity contribution in [2.24, 2.45) is 5.92 Å². The van der Waals surface area contributed by atoms with Crippen molar-refractivity contribution in [2.75, 3.05) is 30.1 Å². The number of hydrogen-bond acceptors (Lipinski definition) is 8. The van der Waals surface area contributed by atoms with Crippen molar-refractivity contribution in [3.8, 4) is 0 Å². The highest BCUT2D eigenvalue weighted by Gasteiger charge is 2.66. The van der Waals surface area contributed by atoms with E-state index in [0.29, 0.717) is 55.0 Å². The molecule has 51 heavy (non-hydrogen) atoms. The summed E-state index contributed by atoms with van der Waals surface area (Å²) >= 11 is 0. The molecule has 2 N–H and O–H groups in total. The minimum Gasteiger partial charge on any atom is -0.469 e. The van der Waals surface area contributed by atoms with Crippen LogP contribution in [0.15, 0.2) is 72.8 Å². The van der Waals surface area contributed by atoms with Crippen LogP contribution in [0.3, 0.4) is 0 Å². The summed E-state index contributed by atoms with van der Waals surface area (Å²) in [6.45, 7) is 6.01. The number of hydrogen-bond donors (Lipinski definition) is 2. The van der Waals surface area contributed by atoms with Gasteiger partial charge in [-0.3, -0.25) is 24.1 Å². The fourth-order valence-corrected chi connectivity index (χ4v) is 11.0. The van der Waals surface area contributed by atoms with Crippen LogP contribution in [0.25, 0.3) is 0 Å². The van der Waals surface area contributed by atoms with E-state index in [2.05, 4.69) is 0 Å². The maximum Gasteiger partial charge on any atom is 0.305 e. The highest BCUT2D eigenvalue weighted by atomic mass is 28.4. The molecule has 3 amide bonds. The summed E-state index contributed by atoms with van der Waals surface area (Å²) < 4.78 is 11.8. The lowest BCUT2D eigenvalue weighted by Crippen LogP contribution is -2.48. The lowest BCUT2D eigenvalue weighted by molar-refractivity contribution is -0.151. The topological polar surface area (TPSA) is 137 Å². The minimum absolute atomic E-state index is 0.0711. The van der Waals surface area contributed by atoms with Crippen molar-refractivity contribution in [1.29, 1.82) is 0 Å². The van der Waals surface area contributed by atoms with Crippen molar-refractivity contribution >= 4 is 49.6 Å². The Morgan fingerprint density at radius 1 is 1.04 bits per heavy atom. The van der Waals surface area contributed by atoms with Gasteiger partial charge in [0.15, 0.2) is 13.9 Å². The third-order valence-corrected chi connectivity index (χ3v) is 13.4. The molecular formula is C39H47N3O8Si. The molecule has 0 saturated carbocycles. The van der Waals surface area contributed by atoms with Gasteiger partial charge >= 0.3 is 5.97 Å². The van der Waals surface area contributed by atoms with Crippen LogP contribution in [0.2, 0.25) is 18.6 Å². The molecule has 1 fully saturated rings. The summed E-state index contributed by atoms with van der Waals surface area (Å²) in [6, 6.07) is 22.1. The van der Waals surface area contributed by atoms with Crippen LogP contribution in [-0.2, 0) is 47.2 Å². The molecule has 0 aliphatic carbocycles. The predicted octanol–water partition coefficient (Wildman–Crippen LogP) is 4.80. The SMILES string of the molecule is COC(=O)CCCCN1C(=O)[C@]2(O[C@H](CC(=O)N3Cc4ccccc4C[C@H]3CO)[C@@H]([Si](C)(C)O)[C@@H]2C)c2cc(N(C=O)c3ccccc3)ccc21. The van der Waals surface area contributed by atoms with Crippen molar-refractivity contribution in [3.05, 3.63) is 89.5 Å². The van der Waals surface area contributed by atoms with Gasteiger partial charge in [0.2, 0.25) is 12.3 Å². The molecule has 1 spiro atoms. The number of carbonyl (C=O) groups is 4. The standard InChI is InChI=1S/C39H47N3O8Si/c1-26-37(51(3,4)48)34(22-35(45)41-23-28-13-9-8-12-27(28)20-31(41)24-43)50-39(26)32-21-30(42(25-44)29-14-6-5-7-15-29)17-18-33(32)40(38(39)47)19-11-10-16-36(46)49-2/h5-9,12-15,17-18,21,25-26,31,34,37,43,48H,10-11,16,19-20,22-24H2,1-4H3/t26-,31-,34+,37-,39+/m0/s1. The number of carbonyl (C=O) groups excluding carboxylic acids is 4. The number of methoxy groups -OCH3 is 1. The first kappa shape index (κ1) is 36.4. The molecule has 0 bridgehead atoms. The fraction of sp³-hybridized carbons (Fsp3) is 0.436. The summed E-state index contributed by atoms with van der Waals surface area (Å²) in [5.74, 6) is -1.36. The number of para-hydroxylation sites is 1. The van der Waals surface area contributed by atoms with Gasteiger partial charge in [0.25, 0.3) is 5.91 Å². The summed E-state index contributed by atoms with van der Waals surface area (Å²) in [7, 11) is -1.75. The van der Waals surface area contributed by atoms with E-state index in [9.17, 15) is 29.1 Å². The Bertz CT molecular complexity index is 1780. The van der Waals surface area contributed by atoms with Gasteiger partial charge < -0.3 is 29.2 Å². The molecule has 0 radical (unpaired) electrons. The molecule has 3 aromatic rings. The Morgan fingerprint density at radius 3 is 2.41 bits per heavy atom. The smallest absolute Gasteiger partial charge is 0.305 e. The maximum atomic E-state index is 14.9. The summed E-state index contributed by atoms with van der Waals surface area (Å²) in [5, 5.41) is 10.3. The van der Waals surface area contributed by atoms with Crippen molar-refractivity contribution in [1.82, 2.24) is 4.90 Å². The second-order valence-electron chi connectivity index (χ2n) is 14.4. The van der Waals surface area contributed by atoms with Crippen LogP contribution in [-0.4, -0.2) is 79.7 Å². The highest BCUT2D eigenvalue weighted by molar-refractivity contribution is 6.71. The molecule has 12 heteroatoms. The first-order valence-electron chi connectivity index (χ1n) is 17.6. The average Bonchev–Trinajstić information content (AvgIpc) is 3.55. The van der Waals surface area contributed by atoms with Crippen molar-refractivity contribution in [2.45, 2.75) is 82.0 Å². The van der Waals surface area contributed by atoms with Gasteiger partial charge in [-0.2, -0.15) is 0 Å². The Morgan fingerprint density at radius 2 is 1.75 bits per heavy atom. The predicted molar refractivity (Wildman–Crippen MR) is 195 cm³/mol. The van der Waals surface area contributed by atoms with Crippen LogP contribution in [0, 0.1) is 5.92 Å². The van der Waals surface area contributed by atoms with E-state index in [1.165, 1.54) is 12.0 Å². The lowest BCUT2D eigenvalue weighted by atomic mass is 9.82. The Labute approximate surface area is 299 Å². The normalized spacial score (nSPS) is 24.0. The number of esters is 1. The van der Waals surface area contributed by atoms with Gasteiger partial charge in [-0.25, -0.2) is 0 Å². The molecule has 11 nitrogen and oxygen atoms in total. The zero-order valence-corrected chi connectivity index (χ0v) is 30.7. The number of ether oxygens (including phenoxy) is 2. The number of benzene rings is 3. The lowest BCUT2D eigenvalue weighted by Gasteiger charge is -2.37. The molecule has 3 heterocycles. The van der Waals surface area contributed by atoms with Crippen LogP contribution in [0.1, 0.15) is 49.3 Å². The fourth-order valence-electron chi connectivity index (χ4n) is 8.47. The van der Waals surface area contributed by atoms with Crippen molar-refractivity contribution in [3.63, 3.8) is 0 Å². The maximum absolute atomic E-state index is 14.9. The van der Waals surface area contributed by atoms with Crippen LogP contribution >= 0.6 is 0 Å². The third-order valence-electron chi connectivity index (χ3n) is 10.9.